The fourth-order valence-electron chi connectivity index (χ4n) is 1.44. The Bertz CT molecular complexity index is 549. The lowest BCUT2D eigenvalue weighted by molar-refractivity contribution is -0.140. The Labute approximate surface area is 121 Å². The first-order valence-electron chi connectivity index (χ1n) is 5.52. The molecule has 0 bridgehead atoms. The third kappa shape index (κ3) is 4.30. The van der Waals surface area contributed by atoms with E-state index in [-0.39, 0.29) is 16.5 Å². The van der Waals surface area contributed by atoms with Crippen molar-refractivity contribution in [2.24, 2.45) is 0 Å². The van der Waals surface area contributed by atoms with Crippen molar-refractivity contribution < 1.29 is 29.0 Å². The van der Waals surface area contributed by atoms with Crippen molar-refractivity contribution in [2.75, 3.05) is 0 Å². The molecule has 8 heteroatoms. The lowest BCUT2D eigenvalue weighted by atomic mass is 10.1. The fourth-order valence-corrected chi connectivity index (χ4v) is 1.88. The second-order valence-corrected chi connectivity index (χ2v) is 4.69. The van der Waals surface area contributed by atoms with Crippen LogP contribution in [-0.2, 0) is 9.59 Å². The molecule has 0 heterocycles. The zero-order chi connectivity index (χ0) is 15.3. The maximum absolute atomic E-state index is 13.3. The van der Waals surface area contributed by atoms with E-state index in [9.17, 15) is 18.8 Å². The summed E-state index contributed by atoms with van der Waals surface area (Å²) in [5.41, 5.74) is -0.0634. The summed E-state index contributed by atoms with van der Waals surface area (Å²) in [6.45, 7) is 0. The van der Waals surface area contributed by atoms with Gasteiger partial charge < -0.3 is 15.5 Å². The minimum Gasteiger partial charge on any atom is -0.481 e. The van der Waals surface area contributed by atoms with Crippen LogP contribution in [0, 0.1) is 5.82 Å². The number of halogens is 2. The summed E-state index contributed by atoms with van der Waals surface area (Å²) in [4.78, 5) is 33.2. The first kappa shape index (κ1) is 16.1. The Kier molecular flexibility index (Phi) is 5.63. The summed E-state index contributed by atoms with van der Waals surface area (Å²) in [5, 5.41) is 19.6. The van der Waals surface area contributed by atoms with Gasteiger partial charge >= 0.3 is 11.9 Å². The Morgan fingerprint density at radius 2 is 1.95 bits per heavy atom. The van der Waals surface area contributed by atoms with Crippen LogP contribution in [0.5, 0.6) is 0 Å². The highest BCUT2D eigenvalue weighted by molar-refractivity contribution is 9.10. The SMILES string of the molecule is O=C(O)CCC(NC(=O)c1cccc(F)c1Br)C(=O)O. The van der Waals surface area contributed by atoms with Crippen LogP contribution in [0.15, 0.2) is 22.7 Å². The van der Waals surface area contributed by atoms with Crippen LogP contribution in [-0.4, -0.2) is 34.1 Å². The Morgan fingerprint density at radius 1 is 1.30 bits per heavy atom. The molecule has 0 aromatic heterocycles. The van der Waals surface area contributed by atoms with Gasteiger partial charge in [0.2, 0.25) is 0 Å². The van der Waals surface area contributed by atoms with E-state index in [1.807, 2.05) is 0 Å². The molecule has 1 atom stereocenters. The zero-order valence-electron chi connectivity index (χ0n) is 10.1. The van der Waals surface area contributed by atoms with Crippen molar-refractivity contribution in [3.05, 3.63) is 34.1 Å². The monoisotopic (exact) mass is 347 g/mol. The van der Waals surface area contributed by atoms with Gasteiger partial charge in [-0.2, -0.15) is 0 Å². The van der Waals surface area contributed by atoms with Crippen LogP contribution in [0.25, 0.3) is 0 Å². The molecule has 20 heavy (non-hydrogen) atoms. The summed E-state index contributed by atoms with van der Waals surface area (Å²) in [6.07, 6.45) is -0.662. The molecule has 108 valence electrons. The molecule has 0 radical (unpaired) electrons. The number of benzene rings is 1. The average Bonchev–Trinajstić information content (AvgIpc) is 2.36. The quantitative estimate of drug-likeness (QED) is 0.725. The third-order valence-electron chi connectivity index (χ3n) is 2.45. The van der Waals surface area contributed by atoms with Gasteiger partial charge in [-0.1, -0.05) is 6.07 Å². The van der Waals surface area contributed by atoms with E-state index in [1.165, 1.54) is 12.1 Å². The van der Waals surface area contributed by atoms with Crippen LogP contribution in [0.1, 0.15) is 23.2 Å². The van der Waals surface area contributed by atoms with Gasteiger partial charge in [0, 0.05) is 6.42 Å². The maximum atomic E-state index is 13.3. The fraction of sp³-hybridized carbons (Fsp3) is 0.250. The van der Waals surface area contributed by atoms with Crippen LogP contribution in [0.3, 0.4) is 0 Å². The predicted molar refractivity (Wildman–Crippen MR) is 69.9 cm³/mol. The van der Waals surface area contributed by atoms with Gasteiger partial charge in [-0.25, -0.2) is 9.18 Å². The van der Waals surface area contributed by atoms with Gasteiger partial charge in [0.25, 0.3) is 5.91 Å². The summed E-state index contributed by atoms with van der Waals surface area (Å²) >= 11 is 2.89. The number of hydrogen-bond acceptors (Lipinski definition) is 3. The number of nitrogens with one attached hydrogen (secondary N) is 1. The molecule has 1 amide bonds. The van der Waals surface area contributed by atoms with Crippen molar-refractivity contribution in [3.8, 4) is 0 Å². The van der Waals surface area contributed by atoms with E-state index >= 15 is 0 Å². The largest absolute Gasteiger partial charge is 0.481 e. The predicted octanol–water partition coefficient (Wildman–Crippen LogP) is 1.64. The number of carbonyl (C=O) groups is 3. The van der Waals surface area contributed by atoms with Crippen molar-refractivity contribution in [1.29, 1.82) is 0 Å². The van der Waals surface area contributed by atoms with Gasteiger partial charge in [0.15, 0.2) is 0 Å². The van der Waals surface area contributed by atoms with Crippen molar-refractivity contribution in [1.82, 2.24) is 5.32 Å². The van der Waals surface area contributed by atoms with Crippen molar-refractivity contribution in [2.45, 2.75) is 18.9 Å². The highest BCUT2D eigenvalue weighted by Gasteiger charge is 2.23. The molecule has 1 unspecified atom stereocenters. The van der Waals surface area contributed by atoms with Crippen LogP contribution in [0.2, 0.25) is 0 Å². The zero-order valence-corrected chi connectivity index (χ0v) is 11.7. The van der Waals surface area contributed by atoms with E-state index < -0.39 is 36.1 Å². The summed E-state index contributed by atoms with van der Waals surface area (Å²) < 4.78 is 13.2. The molecule has 1 aromatic carbocycles. The maximum Gasteiger partial charge on any atom is 0.326 e. The Morgan fingerprint density at radius 3 is 2.50 bits per heavy atom. The second-order valence-electron chi connectivity index (χ2n) is 3.90. The highest BCUT2D eigenvalue weighted by atomic mass is 79.9. The highest BCUT2D eigenvalue weighted by Crippen LogP contribution is 2.20. The minimum atomic E-state index is -1.35. The van der Waals surface area contributed by atoms with Crippen molar-refractivity contribution in [3.63, 3.8) is 0 Å². The molecule has 0 aliphatic heterocycles. The van der Waals surface area contributed by atoms with Crippen molar-refractivity contribution >= 4 is 33.8 Å². The second kappa shape index (κ2) is 6.99. The summed E-state index contributed by atoms with van der Waals surface area (Å²) in [5.74, 6) is -3.98. The molecule has 1 aromatic rings. The number of carbonyl (C=O) groups excluding carboxylic acids is 1. The number of carboxylic acid groups (broad SMARTS) is 2. The first-order valence-corrected chi connectivity index (χ1v) is 6.31. The molecule has 0 fully saturated rings. The first-order chi connectivity index (χ1) is 9.32. The molecule has 3 N–H and O–H groups in total. The van der Waals surface area contributed by atoms with Gasteiger partial charge in [-0.3, -0.25) is 9.59 Å². The average molecular weight is 348 g/mol. The molecular weight excluding hydrogens is 337 g/mol. The number of rotatable bonds is 6. The van der Waals surface area contributed by atoms with Crippen LogP contribution >= 0.6 is 15.9 Å². The molecule has 0 saturated carbocycles. The third-order valence-corrected chi connectivity index (χ3v) is 3.25. The number of carboxylic acids is 2. The molecule has 1 rings (SSSR count). The van der Waals surface area contributed by atoms with E-state index in [4.69, 9.17) is 10.2 Å². The number of amides is 1. The summed E-state index contributed by atoms with van der Waals surface area (Å²) in [6, 6.07) is 2.41. The number of hydrogen-bond donors (Lipinski definition) is 3. The smallest absolute Gasteiger partial charge is 0.326 e. The molecule has 0 saturated heterocycles. The minimum absolute atomic E-state index is 0.0634. The molecule has 0 aliphatic rings. The van der Waals surface area contributed by atoms with E-state index in [0.29, 0.717) is 0 Å². The Balaban J connectivity index is 2.83. The Hall–Kier alpha value is -1.96. The summed E-state index contributed by atoms with van der Waals surface area (Å²) in [7, 11) is 0. The standard InChI is InChI=1S/C12H11BrFNO5/c13-10-6(2-1-3-7(10)14)11(18)15-8(12(19)20)4-5-9(16)17/h1-3,8H,4-5H2,(H,15,18)(H,16,17)(H,19,20). The van der Waals surface area contributed by atoms with Gasteiger partial charge in [0.05, 0.1) is 10.0 Å². The lowest BCUT2D eigenvalue weighted by Gasteiger charge is -2.14. The van der Waals surface area contributed by atoms with E-state index in [2.05, 4.69) is 21.2 Å². The molecule has 0 aliphatic carbocycles. The molecule has 6 nitrogen and oxygen atoms in total. The normalized spacial score (nSPS) is 11.7. The number of aliphatic carboxylic acids is 2. The molecular formula is C12H11BrFNO5. The van der Waals surface area contributed by atoms with E-state index in [0.717, 1.165) is 6.07 Å². The van der Waals surface area contributed by atoms with Gasteiger partial charge in [0.1, 0.15) is 11.9 Å². The van der Waals surface area contributed by atoms with Crippen LogP contribution in [0.4, 0.5) is 4.39 Å². The van der Waals surface area contributed by atoms with E-state index in [1.54, 1.807) is 0 Å². The van der Waals surface area contributed by atoms with Gasteiger partial charge in [-0.15, -0.1) is 0 Å². The van der Waals surface area contributed by atoms with Gasteiger partial charge in [-0.05, 0) is 34.5 Å². The topological polar surface area (TPSA) is 104 Å². The molecule has 0 spiro atoms. The lowest BCUT2D eigenvalue weighted by Crippen LogP contribution is -2.41. The van der Waals surface area contributed by atoms with Crippen LogP contribution < -0.4 is 5.32 Å².